The van der Waals surface area contributed by atoms with Gasteiger partial charge in [-0.05, 0) is 25.7 Å². The van der Waals surface area contributed by atoms with Crippen molar-refractivity contribution >= 4 is 0 Å². The maximum absolute atomic E-state index is 2.44. The van der Waals surface area contributed by atoms with Gasteiger partial charge in [-0.2, -0.15) is 0 Å². The minimum Gasteiger partial charge on any atom is -0.328 e. The van der Waals surface area contributed by atoms with Gasteiger partial charge in [0, 0.05) is 0 Å². The summed E-state index contributed by atoms with van der Waals surface area (Å²) >= 11 is 0. The van der Waals surface area contributed by atoms with E-state index in [0.29, 0.717) is 0 Å². The molecule has 158 valence electrons. The molecule has 1 heteroatoms. The molecule has 0 spiro atoms. The van der Waals surface area contributed by atoms with E-state index in [2.05, 4.69) is 27.9 Å². The fraction of sp³-hybridized carbons (Fsp3) is 1.00. The van der Waals surface area contributed by atoms with Gasteiger partial charge in [-0.1, -0.05) is 110 Å². The largest absolute Gasteiger partial charge is 0.328 e. The summed E-state index contributed by atoms with van der Waals surface area (Å²) in [5.41, 5.74) is 0. The molecule has 0 amide bonds. The zero-order valence-electron chi connectivity index (χ0n) is 19.3. The minimum atomic E-state index is 1.24. The molecule has 0 bridgehead atoms. The highest BCUT2D eigenvalue weighted by Gasteiger charge is 2.13. The van der Waals surface area contributed by atoms with Gasteiger partial charge in [-0.3, -0.25) is 0 Å². The Bertz CT molecular complexity index is 259. The number of hydrogen-bond donors (Lipinski definition) is 0. The number of nitrogens with zero attached hydrogens (tertiary/aromatic N) is 1. The fourth-order valence-corrected chi connectivity index (χ4v) is 3.99. The molecule has 0 aliphatic carbocycles. The Kier molecular flexibility index (Phi) is 19.7. The van der Waals surface area contributed by atoms with Gasteiger partial charge in [0.15, 0.2) is 0 Å². The topological polar surface area (TPSA) is 0 Å². The second-order valence-corrected chi connectivity index (χ2v) is 9.39. The lowest BCUT2D eigenvalue weighted by Gasteiger charge is -2.30. The van der Waals surface area contributed by atoms with Crippen molar-refractivity contribution in [1.29, 1.82) is 0 Å². The van der Waals surface area contributed by atoms with Crippen molar-refractivity contribution in [3.05, 3.63) is 0 Å². The molecule has 0 aromatic heterocycles. The molecule has 0 aliphatic rings. The number of hydrogen-bond acceptors (Lipinski definition) is 0. The first-order valence-corrected chi connectivity index (χ1v) is 12.4. The molecule has 1 nitrogen and oxygen atoms in total. The van der Waals surface area contributed by atoms with Crippen LogP contribution in [-0.4, -0.2) is 31.7 Å². The van der Waals surface area contributed by atoms with Gasteiger partial charge in [0.1, 0.15) is 0 Å². The molecule has 0 saturated heterocycles. The third kappa shape index (κ3) is 20.3. The van der Waals surface area contributed by atoms with E-state index in [1.165, 1.54) is 140 Å². The van der Waals surface area contributed by atoms with Crippen LogP contribution in [0.5, 0.6) is 0 Å². The van der Waals surface area contributed by atoms with E-state index >= 15 is 0 Å². The highest BCUT2D eigenvalue weighted by Crippen LogP contribution is 2.13. The summed E-state index contributed by atoms with van der Waals surface area (Å²) in [5, 5.41) is 0. The van der Waals surface area contributed by atoms with Crippen LogP contribution < -0.4 is 0 Å². The lowest BCUT2D eigenvalue weighted by atomic mass is 10.1. The van der Waals surface area contributed by atoms with Crippen LogP contribution in [0, 0.1) is 0 Å². The first-order chi connectivity index (χ1) is 12.6. The summed E-state index contributed by atoms with van der Waals surface area (Å²) in [4.78, 5) is 0. The fourth-order valence-electron chi connectivity index (χ4n) is 3.99. The Hall–Kier alpha value is -0.0400. The Morgan fingerprint density at radius 1 is 0.346 bits per heavy atom. The van der Waals surface area contributed by atoms with Crippen LogP contribution >= 0.6 is 0 Å². The Morgan fingerprint density at radius 3 is 0.846 bits per heavy atom. The van der Waals surface area contributed by atoms with Crippen LogP contribution in [0.15, 0.2) is 0 Å². The zero-order valence-corrected chi connectivity index (χ0v) is 19.3. The highest BCUT2D eigenvalue weighted by atomic mass is 15.3. The Morgan fingerprint density at radius 2 is 0.577 bits per heavy atom. The van der Waals surface area contributed by atoms with Crippen molar-refractivity contribution in [2.24, 2.45) is 0 Å². The van der Waals surface area contributed by atoms with E-state index in [1.807, 2.05) is 0 Å². The molecule has 26 heavy (non-hydrogen) atoms. The Labute approximate surface area is 167 Å². The zero-order chi connectivity index (χ0) is 19.3. The smallest absolute Gasteiger partial charge is 0.0782 e. The van der Waals surface area contributed by atoms with Crippen molar-refractivity contribution < 1.29 is 4.48 Å². The van der Waals surface area contributed by atoms with Crippen molar-refractivity contribution in [3.8, 4) is 0 Å². The predicted octanol–water partition coefficient (Wildman–Crippen LogP) is 8.51. The molecule has 0 fully saturated rings. The van der Waals surface area contributed by atoms with Crippen molar-refractivity contribution in [3.63, 3.8) is 0 Å². The lowest BCUT2D eigenvalue weighted by molar-refractivity contribution is -0.890. The van der Waals surface area contributed by atoms with Gasteiger partial charge in [-0.15, -0.1) is 0 Å². The van der Waals surface area contributed by atoms with Gasteiger partial charge in [0.05, 0.1) is 27.2 Å². The molecule has 0 aliphatic heterocycles. The monoisotopic (exact) mass is 368 g/mol. The molecule has 0 rings (SSSR count). The third-order valence-electron chi connectivity index (χ3n) is 5.98. The van der Waals surface area contributed by atoms with E-state index in [9.17, 15) is 0 Å². The number of quaternary nitrogens is 1. The van der Waals surface area contributed by atoms with E-state index in [-0.39, 0.29) is 0 Å². The number of rotatable bonds is 21. The molecule has 0 radical (unpaired) electrons. The summed E-state index contributed by atoms with van der Waals surface area (Å²) in [7, 11) is 4.89. The molecular weight excluding hydrogens is 314 g/mol. The second-order valence-electron chi connectivity index (χ2n) is 9.39. The minimum absolute atomic E-state index is 1.24. The van der Waals surface area contributed by atoms with Crippen LogP contribution in [0.2, 0.25) is 0 Å². The van der Waals surface area contributed by atoms with Gasteiger partial charge in [0.25, 0.3) is 0 Å². The normalized spacial score (nSPS) is 12.0. The van der Waals surface area contributed by atoms with Gasteiger partial charge < -0.3 is 4.48 Å². The SMILES string of the molecule is CCCCCCCCCCCC[N+](C)(C)CCCCCCCCCCC. The quantitative estimate of drug-likeness (QED) is 0.141. The molecule has 0 aromatic rings. The van der Waals surface area contributed by atoms with Crippen molar-refractivity contribution in [1.82, 2.24) is 0 Å². The lowest BCUT2D eigenvalue weighted by Crippen LogP contribution is -2.41. The number of unbranched alkanes of at least 4 members (excludes halogenated alkanes) is 17. The van der Waals surface area contributed by atoms with Crippen molar-refractivity contribution in [2.45, 2.75) is 136 Å². The van der Waals surface area contributed by atoms with Crippen LogP contribution in [0.25, 0.3) is 0 Å². The molecule has 0 atom stereocenters. The summed E-state index contributed by atoms with van der Waals surface area (Å²) < 4.78 is 1.24. The third-order valence-corrected chi connectivity index (χ3v) is 5.98. The standard InChI is InChI=1S/C25H54N/c1-5-7-9-11-13-15-17-19-21-23-25-26(3,4)24-22-20-18-16-14-12-10-8-6-2/h5-25H2,1-4H3/q+1. The van der Waals surface area contributed by atoms with E-state index in [0.717, 1.165) is 0 Å². The van der Waals surface area contributed by atoms with Gasteiger partial charge in [0.2, 0.25) is 0 Å². The first-order valence-electron chi connectivity index (χ1n) is 12.4. The average molecular weight is 369 g/mol. The van der Waals surface area contributed by atoms with Crippen LogP contribution in [-0.2, 0) is 0 Å². The van der Waals surface area contributed by atoms with Crippen LogP contribution in [0.3, 0.4) is 0 Å². The van der Waals surface area contributed by atoms with Crippen molar-refractivity contribution in [2.75, 3.05) is 27.2 Å². The maximum Gasteiger partial charge on any atom is 0.0782 e. The predicted molar refractivity (Wildman–Crippen MR) is 121 cm³/mol. The van der Waals surface area contributed by atoms with E-state index < -0.39 is 0 Å². The molecule has 0 N–H and O–H groups in total. The summed E-state index contributed by atoms with van der Waals surface area (Å²) in [6.45, 7) is 7.37. The summed E-state index contributed by atoms with van der Waals surface area (Å²) in [6, 6.07) is 0. The molecule has 0 aromatic carbocycles. The molecule has 0 heterocycles. The average Bonchev–Trinajstić information content (AvgIpc) is 2.62. The molecular formula is C25H54N+. The summed E-state index contributed by atoms with van der Waals surface area (Å²) in [5.74, 6) is 0. The van der Waals surface area contributed by atoms with Gasteiger partial charge in [-0.25, -0.2) is 0 Å². The highest BCUT2D eigenvalue weighted by molar-refractivity contribution is 4.49. The summed E-state index contributed by atoms with van der Waals surface area (Å²) in [6.07, 6.45) is 27.5. The first kappa shape index (κ1) is 26.0. The van der Waals surface area contributed by atoms with Gasteiger partial charge >= 0.3 is 0 Å². The Balaban J connectivity index is 3.31. The second kappa shape index (κ2) is 19.7. The van der Waals surface area contributed by atoms with E-state index in [4.69, 9.17) is 0 Å². The molecule has 0 unspecified atom stereocenters. The maximum atomic E-state index is 2.44. The molecule has 0 saturated carbocycles. The van der Waals surface area contributed by atoms with E-state index in [1.54, 1.807) is 0 Å². The van der Waals surface area contributed by atoms with Crippen LogP contribution in [0.4, 0.5) is 0 Å². The van der Waals surface area contributed by atoms with Crippen LogP contribution in [0.1, 0.15) is 136 Å².